The smallest absolute Gasteiger partial charge is 0.257 e. The van der Waals surface area contributed by atoms with Crippen molar-refractivity contribution >= 4 is 32.2 Å². The summed E-state index contributed by atoms with van der Waals surface area (Å²) in [5, 5.41) is 5.10. The van der Waals surface area contributed by atoms with Gasteiger partial charge in [0.15, 0.2) is 15.0 Å². The third-order valence-electron chi connectivity index (χ3n) is 2.48. The summed E-state index contributed by atoms with van der Waals surface area (Å²) in [5.74, 6) is -0.286. The van der Waals surface area contributed by atoms with Crippen LogP contribution in [0.5, 0.6) is 0 Å². The lowest BCUT2D eigenvalue weighted by Crippen LogP contribution is -2.11. The lowest BCUT2D eigenvalue weighted by molar-refractivity contribution is 0.102. The second-order valence-electron chi connectivity index (χ2n) is 4.52. The van der Waals surface area contributed by atoms with Gasteiger partial charge in [0, 0.05) is 17.2 Å². The molecule has 0 radical (unpaired) electrons. The quantitative estimate of drug-likeness (QED) is 0.939. The number of sulfone groups is 1. The average Bonchev–Trinajstić information content (AvgIpc) is 2.73. The maximum Gasteiger partial charge on any atom is 0.257 e. The fraction of sp³-hybridized carbons (Fsp3) is 0.231. The van der Waals surface area contributed by atoms with Crippen LogP contribution in [0.3, 0.4) is 0 Å². The van der Waals surface area contributed by atoms with Crippen LogP contribution < -0.4 is 5.32 Å². The van der Waals surface area contributed by atoms with Gasteiger partial charge in [-0.25, -0.2) is 13.4 Å². The lowest BCUT2D eigenvalue weighted by atomic mass is 10.1. The highest BCUT2D eigenvalue weighted by Gasteiger charge is 2.09. The minimum Gasteiger partial charge on any atom is -0.298 e. The molecule has 0 saturated carbocycles. The van der Waals surface area contributed by atoms with E-state index in [4.69, 9.17) is 0 Å². The van der Waals surface area contributed by atoms with Crippen molar-refractivity contribution in [3.05, 3.63) is 46.5 Å². The van der Waals surface area contributed by atoms with E-state index in [9.17, 15) is 13.2 Å². The minimum absolute atomic E-state index is 0.0272. The largest absolute Gasteiger partial charge is 0.298 e. The Balaban J connectivity index is 2.07. The van der Waals surface area contributed by atoms with Gasteiger partial charge in [-0.2, -0.15) is 0 Å². The summed E-state index contributed by atoms with van der Waals surface area (Å²) in [7, 11) is -3.06. The van der Waals surface area contributed by atoms with Crippen LogP contribution in [0.2, 0.25) is 0 Å². The maximum absolute atomic E-state index is 12.0. The first-order chi connectivity index (χ1) is 9.33. The number of carbonyl (C=O) groups is 1. The lowest BCUT2D eigenvalue weighted by Gasteiger charge is -2.03. The van der Waals surface area contributed by atoms with Crippen molar-refractivity contribution in [3.63, 3.8) is 0 Å². The van der Waals surface area contributed by atoms with Crippen molar-refractivity contribution in [1.82, 2.24) is 4.98 Å². The molecule has 106 valence electrons. The van der Waals surface area contributed by atoms with E-state index >= 15 is 0 Å². The van der Waals surface area contributed by atoms with E-state index in [0.717, 1.165) is 5.69 Å². The molecule has 0 atom stereocenters. The number of hydrogen-bond acceptors (Lipinski definition) is 5. The van der Waals surface area contributed by atoms with E-state index in [1.165, 1.54) is 17.6 Å². The van der Waals surface area contributed by atoms with E-state index in [-0.39, 0.29) is 11.7 Å². The SMILES string of the molecule is Cc1csc(NC(=O)c2ccc(CS(C)(=O)=O)cc2)n1. The Kier molecular flexibility index (Phi) is 4.20. The zero-order valence-electron chi connectivity index (χ0n) is 11.1. The Morgan fingerprint density at radius 3 is 2.45 bits per heavy atom. The number of hydrogen-bond donors (Lipinski definition) is 1. The number of nitrogens with zero attached hydrogens (tertiary/aromatic N) is 1. The van der Waals surface area contributed by atoms with Crippen molar-refractivity contribution < 1.29 is 13.2 Å². The molecule has 2 aromatic rings. The van der Waals surface area contributed by atoms with Crippen LogP contribution in [0.25, 0.3) is 0 Å². The first-order valence-corrected chi connectivity index (χ1v) is 8.78. The first kappa shape index (κ1) is 14.7. The molecule has 0 aliphatic rings. The summed E-state index contributed by atoms with van der Waals surface area (Å²) >= 11 is 1.36. The molecule has 20 heavy (non-hydrogen) atoms. The number of nitrogens with one attached hydrogen (secondary N) is 1. The molecule has 0 saturated heterocycles. The van der Waals surface area contributed by atoms with Crippen LogP contribution in [-0.4, -0.2) is 25.6 Å². The average molecular weight is 310 g/mol. The monoisotopic (exact) mass is 310 g/mol. The molecule has 5 nitrogen and oxygen atoms in total. The van der Waals surface area contributed by atoms with Gasteiger partial charge in [-0.1, -0.05) is 12.1 Å². The Labute approximate surface area is 121 Å². The summed E-state index contributed by atoms with van der Waals surface area (Å²) in [5.41, 5.74) is 1.98. The second kappa shape index (κ2) is 5.72. The fourth-order valence-electron chi connectivity index (χ4n) is 1.64. The molecule has 1 N–H and O–H groups in total. The number of rotatable bonds is 4. The standard InChI is InChI=1S/C13H14N2O3S2/c1-9-7-19-13(14-9)15-12(16)11-5-3-10(4-6-11)8-20(2,17)18/h3-7H,8H2,1-2H3,(H,14,15,16). The van der Waals surface area contributed by atoms with E-state index in [2.05, 4.69) is 10.3 Å². The molecular formula is C13H14N2O3S2. The summed E-state index contributed by atoms with van der Waals surface area (Å²) in [4.78, 5) is 16.1. The van der Waals surface area contributed by atoms with Gasteiger partial charge < -0.3 is 0 Å². The van der Waals surface area contributed by atoms with Gasteiger partial charge in [0.1, 0.15) is 0 Å². The number of thiazole rings is 1. The van der Waals surface area contributed by atoms with Crippen molar-refractivity contribution in [2.75, 3.05) is 11.6 Å². The number of amides is 1. The van der Waals surface area contributed by atoms with Gasteiger partial charge in [0.25, 0.3) is 5.91 Å². The Bertz CT molecular complexity index is 718. The van der Waals surface area contributed by atoms with Gasteiger partial charge in [0.2, 0.25) is 0 Å². The summed E-state index contributed by atoms with van der Waals surface area (Å²) in [6.45, 7) is 1.85. The van der Waals surface area contributed by atoms with Gasteiger partial charge >= 0.3 is 0 Å². The number of aryl methyl sites for hydroxylation is 1. The number of anilines is 1. The van der Waals surface area contributed by atoms with Gasteiger partial charge in [0.05, 0.1) is 11.4 Å². The fourth-order valence-corrected chi connectivity index (χ4v) is 3.12. The van der Waals surface area contributed by atoms with Crippen LogP contribution in [0.4, 0.5) is 5.13 Å². The molecule has 1 aromatic heterocycles. The van der Waals surface area contributed by atoms with Crippen molar-refractivity contribution in [1.29, 1.82) is 0 Å². The molecule has 0 unspecified atom stereocenters. The van der Waals surface area contributed by atoms with Crippen molar-refractivity contribution in [2.45, 2.75) is 12.7 Å². The number of aromatic nitrogens is 1. The maximum atomic E-state index is 12.0. The van der Waals surface area contributed by atoms with Crippen molar-refractivity contribution in [3.8, 4) is 0 Å². The third kappa shape index (κ3) is 4.14. The van der Waals surface area contributed by atoms with Crippen LogP contribution in [0.1, 0.15) is 21.6 Å². The molecule has 1 aromatic carbocycles. The van der Waals surface area contributed by atoms with E-state index < -0.39 is 9.84 Å². The predicted molar refractivity (Wildman–Crippen MR) is 79.8 cm³/mol. The molecule has 2 rings (SSSR count). The zero-order valence-corrected chi connectivity index (χ0v) is 12.7. The summed E-state index contributed by atoms with van der Waals surface area (Å²) in [6, 6.07) is 6.50. The molecule has 1 amide bonds. The highest BCUT2D eigenvalue weighted by Crippen LogP contribution is 2.16. The molecule has 0 aliphatic heterocycles. The third-order valence-corrected chi connectivity index (χ3v) is 4.22. The minimum atomic E-state index is -3.06. The Morgan fingerprint density at radius 2 is 1.95 bits per heavy atom. The Hall–Kier alpha value is -1.73. The predicted octanol–water partition coefficient (Wildman–Crippen LogP) is 2.25. The molecule has 7 heteroatoms. The Morgan fingerprint density at radius 1 is 1.30 bits per heavy atom. The highest BCUT2D eigenvalue weighted by atomic mass is 32.2. The normalized spacial score (nSPS) is 11.3. The van der Waals surface area contributed by atoms with Crippen LogP contribution >= 0.6 is 11.3 Å². The zero-order chi connectivity index (χ0) is 14.8. The molecule has 0 bridgehead atoms. The van der Waals surface area contributed by atoms with Gasteiger partial charge in [-0.05, 0) is 24.6 Å². The van der Waals surface area contributed by atoms with E-state index in [1.54, 1.807) is 24.3 Å². The summed E-state index contributed by atoms with van der Waals surface area (Å²) in [6.07, 6.45) is 1.18. The van der Waals surface area contributed by atoms with Gasteiger partial charge in [-0.3, -0.25) is 10.1 Å². The van der Waals surface area contributed by atoms with Crippen LogP contribution in [0.15, 0.2) is 29.6 Å². The van der Waals surface area contributed by atoms with E-state index in [0.29, 0.717) is 16.3 Å². The van der Waals surface area contributed by atoms with Crippen LogP contribution in [-0.2, 0) is 15.6 Å². The molecule has 0 spiro atoms. The summed E-state index contributed by atoms with van der Waals surface area (Å²) < 4.78 is 22.4. The van der Waals surface area contributed by atoms with Crippen LogP contribution in [0, 0.1) is 6.92 Å². The highest BCUT2D eigenvalue weighted by molar-refractivity contribution is 7.89. The number of carbonyl (C=O) groups excluding carboxylic acids is 1. The molecule has 0 fully saturated rings. The number of benzene rings is 1. The second-order valence-corrected chi connectivity index (χ2v) is 7.51. The first-order valence-electron chi connectivity index (χ1n) is 5.84. The van der Waals surface area contributed by atoms with E-state index in [1.807, 2.05) is 12.3 Å². The van der Waals surface area contributed by atoms with Crippen molar-refractivity contribution in [2.24, 2.45) is 0 Å². The molecule has 0 aliphatic carbocycles. The van der Waals surface area contributed by atoms with Gasteiger partial charge in [-0.15, -0.1) is 11.3 Å². The molecular weight excluding hydrogens is 296 g/mol. The topological polar surface area (TPSA) is 76.1 Å². The molecule has 1 heterocycles.